The number of carbonyl (C=O) groups excluding carboxylic acids is 2. The van der Waals surface area contributed by atoms with Gasteiger partial charge in [-0.3, -0.25) is 18.6 Å². The van der Waals surface area contributed by atoms with Gasteiger partial charge in [-0.1, -0.05) is 159 Å². The van der Waals surface area contributed by atoms with Crippen molar-refractivity contribution in [2.24, 2.45) is 5.73 Å². The first-order chi connectivity index (χ1) is 25.2. The summed E-state index contributed by atoms with van der Waals surface area (Å²) in [4.78, 5) is 34.8. The molecular weight excluding hydrogens is 681 g/mol. The first-order valence-electron chi connectivity index (χ1n) is 20.6. The molecule has 11 heteroatoms. The first-order valence-corrected chi connectivity index (χ1v) is 22.1. The molecule has 0 aliphatic rings. The van der Waals surface area contributed by atoms with Crippen LogP contribution in [-0.2, 0) is 32.7 Å². The smallest absolute Gasteiger partial charge is 0.462 e. The van der Waals surface area contributed by atoms with Crippen LogP contribution >= 0.6 is 7.82 Å². The predicted molar refractivity (Wildman–Crippen MR) is 212 cm³/mol. The van der Waals surface area contributed by atoms with Gasteiger partial charge >= 0.3 is 19.8 Å². The number of nitrogens with two attached hydrogens (primary N) is 1. The van der Waals surface area contributed by atoms with Gasteiger partial charge in [0.05, 0.1) is 19.3 Å². The third-order valence-corrected chi connectivity index (χ3v) is 9.62. The fourth-order valence-corrected chi connectivity index (χ4v) is 6.29. The van der Waals surface area contributed by atoms with Crippen molar-refractivity contribution in [1.82, 2.24) is 0 Å². The topological polar surface area (TPSA) is 155 Å². The van der Waals surface area contributed by atoms with E-state index in [1.54, 1.807) is 12.2 Å². The van der Waals surface area contributed by atoms with E-state index in [0.717, 1.165) is 32.1 Å². The monoisotopic (exact) mass is 758 g/mol. The largest absolute Gasteiger partial charge is 0.472 e. The summed E-state index contributed by atoms with van der Waals surface area (Å²) in [5.41, 5.74) is 5.33. The molecule has 0 radical (unpaired) electrons. The molecule has 0 aliphatic heterocycles. The van der Waals surface area contributed by atoms with Crippen LogP contribution in [0, 0.1) is 0 Å². The number of phosphoric acid groups is 1. The molecule has 304 valence electrons. The lowest BCUT2D eigenvalue weighted by Gasteiger charge is -2.20. The second-order valence-electron chi connectivity index (χ2n) is 13.7. The Labute approximate surface area is 317 Å². The van der Waals surface area contributed by atoms with E-state index in [0.29, 0.717) is 19.3 Å². The summed E-state index contributed by atoms with van der Waals surface area (Å²) in [6, 6.07) is 0. The van der Waals surface area contributed by atoms with Gasteiger partial charge < -0.3 is 25.2 Å². The molecule has 3 atom stereocenters. The van der Waals surface area contributed by atoms with Crippen LogP contribution in [0.3, 0.4) is 0 Å². The van der Waals surface area contributed by atoms with Gasteiger partial charge in [0.15, 0.2) is 6.10 Å². The van der Waals surface area contributed by atoms with E-state index in [9.17, 15) is 24.2 Å². The second-order valence-corrected chi connectivity index (χ2v) is 15.2. The average Bonchev–Trinajstić information content (AvgIpc) is 3.12. The molecule has 0 amide bonds. The number of ether oxygens (including phenoxy) is 2. The zero-order chi connectivity index (χ0) is 38.4. The highest BCUT2D eigenvalue weighted by molar-refractivity contribution is 7.47. The lowest BCUT2D eigenvalue weighted by atomic mass is 10.0. The lowest BCUT2D eigenvalue weighted by molar-refractivity contribution is -0.161. The average molecular weight is 758 g/mol. The van der Waals surface area contributed by atoms with Crippen molar-refractivity contribution in [1.29, 1.82) is 0 Å². The Hall–Kier alpha value is -1.81. The molecule has 0 aromatic heterocycles. The Morgan fingerprint density at radius 2 is 1.23 bits per heavy atom. The summed E-state index contributed by atoms with van der Waals surface area (Å²) < 4.78 is 32.6. The lowest BCUT2D eigenvalue weighted by Crippen LogP contribution is -2.29. The third-order valence-electron chi connectivity index (χ3n) is 8.63. The molecule has 0 saturated heterocycles. The Balaban J connectivity index is 4.36. The molecular formula is C41H76NO9P. The van der Waals surface area contributed by atoms with E-state index in [-0.39, 0.29) is 32.6 Å². The standard InChI is InChI=1S/C41H76NO9P/c1-3-5-7-9-11-13-15-17-19-21-23-25-27-30-38(43)31-29-33-40(44)48-36-39(37-50-52(46,47)49-35-34-42)51-41(45)32-28-26-24-22-20-18-16-14-12-10-8-6-4-2/h17,19,23,25,27,30,38-39,43H,3-16,18,20-22,24,26,28-29,31-37,42H2,1-2H3,(H,46,47)/b19-17+,25-23+,30-27+/t38?,39-/m1/s1. The second kappa shape index (κ2) is 37.5. The molecule has 0 rings (SSSR count). The maximum Gasteiger partial charge on any atom is 0.472 e. The molecule has 10 nitrogen and oxygen atoms in total. The molecule has 0 aliphatic carbocycles. The zero-order valence-electron chi connectivity index (χ0n) is 32.9. The molecule has 0 saturated carbocycles. The van der Waals surface area contributed by atoms with Gasteiger partial charge in [-0.05, 0) is 38.5 Å². The number of hydrogen-bond donors (Lipinski definition) is 3. The molecule has 0 fully saturated rings. The molecule has 0 bridgehead atoms. The van der Waals surface area contributed by atoms with Gasteiger partial charge in [0, 0.05) is 19.4 Å². The third kappa shape index (κ3) is 36.5. The number of aliphatic hydroxyl groups is 1. The Bertz CT molecular complexity index is 972. The van der Waals surface area contributed by atoms with Crippen molar-refractivity contribution in [2.75, 3.05) is 26.4 Å². The minimum absolute atomic E-state index is 0.0290. The number of allylic oxidation sites excluding steroid dienone is 5. The molecule has 2 unspecified atom stereocenters. The van der Waals surface area contributed by atoms with Crippen LogP contribution < -0.4 is 5.73 Å². The summed E-state index contributed by atoms with van der Waals surface area (Å²) >= 11 is 0. The van der Waals surface area contributed by atoms with Gasteiger partial charge in [-0.15, -0.1) is 0 Å². The zero-order valence-corrected chi connectivity index (χ0v) is 33.8. The van der Waals surface area contributed by atoms with Gasteiger partial charge in [0.2, 0.25) is 0 Å². The van der Waals surface area contributed by atoms with Crippen LogP contribution in [0.25, 0.3) is 0 Å². The molecule has 0 heterocycles. The highest BCUT2D eigenvalue weighted by atomic mass is 31.2. The number of unbranched alkanes of at least 4 members (excludes halogenated alkanes) is 18. The van der Waals surface area contributed by atoms with Gasteiger partial charge in [-0.2, -0.15) is 0 Å². The van der Waals surface area contributed by atoms with Crippen LogP contribution in [0.1, 0.15) is 174 Å². The van der Waals surface area contributed by atoms with Crippen LogP contribution in [0.5, 0.6) is 0 Å². The van der Waals surface area contributed by atoms with Crippen molar-refractivity contribution in [3.8, 4) is 0 Å². The number of aliphatic hydroxyl groups excluding tert-OH is 1. The van der Waals surface area contributed by atoms with Crippen molar-refractivity contribution in [2.45, 2.75) is 187 Å². The number of carbonyl (C=O) groups is 2. The molecule has 0 spiro atoms. The summed E-state index contributed by atoms with van der Waals surface area (Å²) in [5.74, 6) is -1.02. The van der Waals surface area contributed by atoms with Crippen molar-refractivity contribution < 1.29 is 42.7 Å². The van der Waals surface area contributed by atoms with E-state index in [1.807, 2.05) is 12.2 Å². The van der Waals surface area contributed by atoms with E-state index in [1.165, 1.54) is 96.3 Å². The van der Waals surface area contributed by atoms with Crippen molar-refractivity contribution in [3.63, 3.8) is 0 Å². The maximum absolute atomic E-state index is 12.5. The van der Waals surface area contributed by atoms with Crippen LogP contribution in [0.4, 0.5) is 0 Å². The minimum atomic E-state index is -4.41. The van der Waals surface area contributed by atoms with Gasteiger partial charge in [-0.25, -0.2) is 4.57 Å². The Morgan fingerprint density at radius 1 is 0.673 bits per heavy atom. The van der Waals surface area contributed by atoms with E-state index < -0.39 is 38.6 Å². The normalized spacial score (nSPS) is 14.3. The van der Waals surface area contributed by atoms with E-state index in [4.69, 9.17) is 24.3 Å². The summed E-state index contributed by atoms with van der Waals surface area (Å²) in [6.07, 6.45) is 36.4. The van der Waals surface area contributed by atoms with E-state index >= 15 is 0 Å². The van der Waals surface area contributed by atoms with Gasteiger partial charge in [0.25, 0.3) is 0 Å². The summed E-state index contributed by atoms with van der Waals surface area (Å²) in [6.45, 7) is 3.50. The fourth-order valence-electron chi connectivity index (χ4n) is 5.53. The van der Waals surface area contributed by atoms with E-state index in [2.05, 4.69) is 26.0 Å². The Morgan fingerprint density at radius 3 is 1.83 bits per heavy atom. The van der Waals surface area contributed by atoms with Crippen molar-refractivity contribution in [3.05, 3.63) is 36.5 Å². The molecule has 52 heavy (non-hydrogen) atoms. The van der Waals surface area contributed by atoms with Crippen LogP contribution in [0.2, 0.25) is 0 Å². The quantitative estimate of drug-likeness (QED) is 0.0182. The molecule has 4 N–H and O–H groups in total. The first kappa shape index (κ1) is 50.2. The van der Waals surface area contributed by atoms with Crippen LogP contribution in [-0.4, -0.2) is 60.5 Å². The fraction of sp³-hybridized carbons (Fsp3) is 0.805. The predicted octanol–water partition coefficient (Wildman–Crippen LogP) is 10.4. The van der Waals surface area contributed by atoms with Gasteiger partial charge in [0.1, 0.15) is 6.61 Å². The molecule has 0 aromatic rings. The molecule has 0 aromatic carbocycles. The maximum atomic E-state index is 12.5. The number of phosphoric ester groups is 1. The highest BCUT2D eigenvalue weighted by Gasteiger charge is 2.26. The summed E-state index contributed by atoms with van der Waals surface area (Å²) in [5, 5.41) is 10.2. The number of rotatable bonds is 38. The Kier molecular flexibility index (Phi) is 36.2. The minimum Gasteiger partial charge on any atom is -0.462 e. The summed E-state index contributed by atoms with van der Waals surface area (Å²) in [7, 11) is -4.41. The SMILES string of the molecule is CCCCCCCC/C=C/C/C=C/C=C/C(O)CCCC(=O)OC[C@H](COP(=O)(O)OCCN)OC(=O)CCCCCCCCCCCCCCC. The highest BCUT2D eigenvalue weighted by Crippen LogP contribution is 2.43. The number of hydrogen-bond acceptors (Lipinski definition) is 9. The van der Waals surface area contributed by atoms with Crippen LogP contribution in [0.15, 0.2) is 36.5 Å². The number of esters is 2. The van der Waals surface area contributed by atoms with Crippen molar-refractivity contribution >= 4 is 19.8 Å².